The summed E-state index contributed by atoms with van der Waals surface area (Å²) in [4.78, 5) is 36.2. The molecular weight excluding hydrogens is 374 g/mol. The van der Waals surface area contributed by atoms with Crippen molar-refractivity contribution in [2.45, 2.75) is 43.1 Å². The molecule has 27 heavy (non-hydrogen) atoms. The maximum absolute atomic E-state index is 12.6. The molecule has 0 bridgehead atoms. The van der Waals surface area contributed by atoms with E-state index in [1.165, 1.54) is 29.2 Å². The van der Waals surface area contributed by atoms with Crippen molar-refractivity contribution in [3.05, 3.63) is 39.9 Å². The molecular formula is C17H23N3O6S. The van der Waals surface area contributed by atoms with Gasteiger partial charge in [-0.3, -0.25) is 19.8 Å². The number of nitrogens with two attached hydrogens (primary N) is 1. The number of unbranched alkanes of at least 4 members (excludes halogenated alkanes) is 1. The highest BCUT2D eigenvalue weighted by atomic mass is 32.1. The van der Waals surface area contributed by atoms with Gasteiger partial charge in [0, 0.05) is 30.5 Å². The lowest BCUT2D eigenvalue weighted by molar-refractivity contribution is -0.384. The number of non-ortho nitro benzene ring substituents is 1. The summed E-state index contributed by atoms with van der Waals surface area (Å²) in [6, 6.07) is 5.65. The Kier molecular flexibility index (Phi) is 7.03. The van der Waals surface area contributed by atoms with Gasteiger partial charge in [-0.05, 0) is 43.4 Å². The van der Waals surface area contributed by atoms with Crippen LogP contribution in [0.5, 0.6) is 0 Å². The molecule has 1 aliphatic heterocycles. The van der Waals surface area contributed by atoms with Gasteiger partial charge in [0.15, 0.2) is 0 Å². The molecule has 2 rings (SSSR count). The van der Waals surface area contributed by atoms with Gasteiger partial charge < -0.3 is 15.6 Å². The fourth-order valence-electron chi connectivity index (χ4n) is 3.26. The fourth-order valence-corrected chi connectivity index (χ4v) is 3.72. The Morgan fingerprint density at radius 3 is 2.59 bits per heavy atom. The topological polar surface area (TPSA) is 136 Å². The van der Waals surface area contributed by atoms with Crippen molar-refractivity contribution >= 4 is 30.3 Å². The second kappa shape index (κ2) is 9.05. The van der Waals surface area contributed by atoms with Gasteiger partial charge in [-0.1, -0.05) is 0 Å². The Hall–Kier alpha value is -2.33. The highest BCUT2D eigenvalue weighted by Gasteiger charge is 2.51. The van der Waals surface area contributed by atoms with E-state index in [1.54, 1.807) is 0 Å². The lowest BCUT2D eigenvalue weighted by atomic mass is 9.89. The number of carbonyl (C=O) groups excluding carboxylic acids is 2. The zero-order valence-electron chi connectivity index (χ0n) is 14.7. The predicted molar refractivity (Wildman–Crippen MR) is 100 cm³/mol. The molecule has 3 N–H and O–H groups in total. The van der Waals surface area contributed by atoms with Gasteiger partial charge in [-0.2, -0.15) is 12.6 Å². The maximum atomic E-state index is 12.6. The molecule has 1 aliphatic rings. The van der Waals surface area contributed by atoms with E-state index in [0.29, 0.717) is 31.2 Å². The van der Waals surface area contributed by atoms with Crippen molar-refractivity contribution in [3.63, 3.8) is 0 Å². The number of aliphatic hydroxyl groups excluding tert-OH is 1. The van der Waals surface area contributed by atoms with Crippen molar-refractivity contribution in [1.82, 2.24) is 4.90 Å². The summed E-state index contributed by atoms with van der Waals surface area (Å²) in [6.07, 6.45) is 0.993. The number of hydrogen-bond acceptors (Lipinski definition) is 7. The Bertz CT molecular complexity index is 698. The zero-order valence-corrected chi connectivity index (χ0v) is 15.6. The van der Waals surface area contributed by atoms with E-state index >= 15 is 0 Å². The van der Waals surface area contributed by atoms with E-state index in [2.05, 4.69) is 12.6 Å². The molecule has 0 saturated carbocycles. The number of likely N-dealkylation sites (tertiary alicyclic amines) is 1. The number of carbonyl (C=O) groups is 2. The Morgan fingerprint density at radius 1 is 1.37 bits per heavy atom. The third-order valence-electron chi connectivity index (χ3n) is 4.67. The molecule has 0 spiro atoms. The van der Waals surface area contributed by atoms with E-state index in [4.69, 9.17) is 15.6 Å². The first-order valence-corrected chi connectivity index (χ1v) is 9.08. The Balaban J connectivity index is 2.07. The van der Waals surface area contributed by atoms with Gasteiger partial charge in [0.25, 0.3) is 5.69 Å². The van der Waals surface area contributed by atoms with Crippen LogP contribution in [-0.2, 0) is 16.1 Å². The van der Waals surface area contributed by atoms with Crippen LogP contribution in [0.4, 0.5) is 10.5 Å². The molecule has 0 unspecified atom stereocenters. The van der Waals surface area contributed by atoms with Crippen LogP contribution in [0.25, 0.3) is 0 Å². The monoisotopic (exact) mass is 397 g/mol. The van der Waals surface area contributed by atoms with Gasteiger partial charge >= 0.3 is 6.09 Å². The van der Waals surface area contributed by atoms with Crippen molar-refractivity contribution in [2.24, 2.45) is 5.73 Å². The summed E-state index contributed by atoms with van der Waals surface area (Å²) in [5.41, 5.74) is 4.95. The Morgan fingerprint density at radius 2 is 2.04 bits per heavy atom. The third-order valence-corrected chi connectivity index (χ3v) is 5.02. The molecule has 1 fully saturated rings. The molecule has 2 atom stereocenters. The maximum Gasteiger partial charge on any atom is 0.411 e. The minimum absolute atomic E-state index is 0.0102. The summed E-state index contributed by atoms with van der Waals surface area (Å²) >= 11 is 4.40. The first kappa shape index (κ1) is 21.0. The Labute approximate surface area is 162 Å². The number of ether oxygens (including phenoxy) is 1. The number of amides is 2. The quantitative estimate of drug-likeness (QED) is 0.264. The van der Waals surface area contributed by atoms with E-state index in [-0.39, 0.29) is 30.7 Å². The summed E-state index contributed by atoms with van der Waals surface area (Å²) in [6.45, 7) is 0.129. The molecule has 2 amide bonds. The fraction of sp³-hybridized carbons (Fsp3) is 0.529. The standard InChI is InChI=1S/C17H23N3O6S/c18-15(22)17(7-1-2-8-21)9-14(27)10-19(17)16(23)26-11-12-3-5-13(6-4-12)20(24)25/h3-6,14,21,27H,1-2,7-11H2,(H2,18,22)/t14-,17-/m0/s1. The molecule has 1 aromatic carbocycles. The van der Waals surface area contributed by atoms with Crippen LogP contribution in [0, 0.1) is 10.1 Å². The number of aliphatic hydroxyl groups is 1. The SMILES string of the molecule is NC(=O)[C@]1(CCCCO)C[C@H](S)CN1C(=O)OCc1ccc([N+](=O)[O-])cc1. The van der Waals surface area contributed by atoms with Crippen molar-refractivity contribution in [3.8, 4) is 0 Å². The van der Waals surface area contributed by atoms with Crippen LogP contribution in [0.2, 0.25) is 0 Å². The van der Waals surface area contributed by atoms with Crippen LogP contribution >= 0.6 is 12.6 Å². The van der Waals surface area contributed by atoms with Crippen molar-refractivity contribution < 1.29 is 24.4 Å². The minimum Gasteiger partial charge on any atom is -0.445 e. The summed E-state index contributed by atoms with van der Waals surface area (Å²) in [5, 5.41) is 19.4. The lowest BCUT2D eigenvalue weighted by Crippen LogP contribution is -2.56. The minimum atomic E-state index is -1.19. The number of thiol groups is 1. The molecule has 1 aromatic rings. The van der Waals surface area contributed by atoms with Crippen LogP contribution in [0.15, 0.2) is 24.3 Å². The normalized spacial score (nSPS) is 21.9. The predicted octanol–water partition coefficient (Wildman–Crippen LogP) is 1.62. The molecule has 9 nitrogen and oxygen atoms in total. The van der Waals surface area contributed by atoms with Crippen molar-refractivity contribution in [1.29, 1.82) is 0 Å². The van der Waals surface area contributed by atoms with E-state index < -0.39 is 22.5 Å². The average Bonchev–Trinajstić information content (AvgIpc) is 2.98. The number of hydrogen-bond donors (Lipinski definition) is 3. The average molecular weight is 397 g/mol. The summed E-state index contributed by atoms with van der Waals surface area (Å²) in [5.74, 6) is -0.621. The molecule has 0 aliphatic carbocycles. The van der Waals surface area contributed by atoms with Gasteiger partial charge in [-0.25, -0.2) is 4.79 Å². The van der Waals surface area contributed by atoms with Gasteiger partial charge in [-0.15, -0.1) is 0 Å². The number of nitro groups is 1. The smallest absolute Gasteiger partial charge is 0.411 e. The zero-order chi connectivity index (χ0) is 20.0. The molecule has 0 aromatic heterocycles. The number of rotatable bonds is 8. The van der Waals surface area contributed by atoms with E-state index in [1.807, 2.05) is 0 Å². The van der Waals surface area contributed by atoms with Gasteiger partial charge in [0.2, 0.25) is 5.91 Å². The van der Waals surface area contributed by atoms with E-state index in [0.717, 1.165) is 0 Å². The summed E-state index contributed by atoms with van der Waals surface area (Å²) in [7, 11) is 0. The first-order chi connectivity index (χ1) is 12.8. The summed E-state index contributed by atoms with van der Waals surface area (Å²) < 4.78 is 5.30. The third kappa shape index (κ3) is 4.89. The second-order valence-electron chi connectivity index (χ2n) is 6.52. The molecule has 0 radical (unpaired) electrons. The molecule has 148 valence electrons. The number of primary amides is 1. The van der Waals surface area contributed by atoms with Crippen molar-refractivity contribution in [2.75, 3.05) is 13.2 Å². The highest BCUT2D eigenvalue weighted by molar-refractivity contribution is 7.81. The van der Waals surface area contributed by atoms with E-state index in [9.17, 15) is 19.7 Å². The van der Waals surface area contributed by atoms with Gasteiger partial charge in [0.05, 0.1) is 4.92 Å². The number of benzene rings is 1. The van der Waals surface area contributed by atoms with Crippen LogP contribution in [0.3, 0.4) is 0 Å². The number of nitro benzene ring substituents is 1. The lowest BCUT2D eigenvalue weighted by Gasteiger charge is -2.35. The van der Waals surface area contributed by atoms with Crippen LogP contribution in [-0.4, -0.2) is 50.9 Å². The molecule has 1 saturated heterocycles. The van der Waals surface area contributed by atoms with Crippen LogP contribution < -0.4 is 5.73 Å². The largest absolute Gasteiger partial charge is 0.445 e. The highest BCUT2D eigenvalue weighted by Crippen LogP contribution is 2.37. The van der Waals surface area contributed by atoms with Gasteiger partial charge in [0.1, 0.15) is 12.1 Å². The first-order valence-electron chi connectivity index (χ1n) is 8.56. The molecule has 10 heteroatoms. The molecule has 1 heterocycles. The second-order valence-corrected chi connectivity index (χ2v) is 7.25. The number of nitrogens with zero attached hydrogens (tertiary/aromatic N) is 2. The van der Waals surface area contributed by atoms with Crippen LogP contribution in [0.1, 0.15) is 31.2 Å².